The number of aliphatic imine (C=N–C) groups is 1. The molecule has 0 unspecified atom stereocenters. The lowest BCUT2D eigenvalue weighted by Crippen LogP contribution is -2.38. The second-order valence-electron chi connectivity index (χ2n) is 5.63. The van der Waals surface area contributed by atoms with E-state index in [4.69, 9.17) is 21.1 Å². The van der Waals surface area contributed by atoms with Gasteiger partial charge in [0.25, 0.3) is 5.91 Å². The molecule has 0 spiro atoms. The number of sulfone groups is 1. The number of hydrogen-bond acceptors (Lipinski definition) is 6. The van der Waals surface area contributed by atoms with Crippen molar-refractivity contribution in [1.29, 1.82) is 0 Å². The lowest BCUT2D eigenvalue weighted by atomic mass is 10.2. The van der Waals surface area contributed by atoms with E-state index in [2.05, 4.69) is 4.99 Å². The molecule has 7 nitrogen and oxygen atoms in total. The highest BCUT2D eigenvalue weighted by atomic mass is 35.5. The van der Waals surface area contributed by atoms with Crippen LogP contribution < -0.4 is 14.4 Å². The molecule has 0 N–H and O–H groups in total. The van der Waals surface area contributed by atoms with Crippen LogP contribution in [0.4, 0.5) is 5.69 Å². The van der Waals surface area contributed by atoms with Crippen molar-refractivity contribution in [3.05, 3.63) is 18.2 Å². The van der Waals surface area contributed by atoms with Gasteiger partial charge < -0.3 is 14.4 Å². The molecule has 136 valence electrons. The maximum Gasteiger partial charge on any atom is 0.262 e. The minimum absolute atomic E-state index is 0.000877. The van der Waals surface area contributed by atoms with Gasteiger partial charge in [-0.3, -0.25) is 4.79 Å². The predicted molar refractivity (Wildman–Crippen MR) is 99.0 cm³/mol. The highest BCUT2D eigenvalue weighted by molar-refractivity contribution is 8.16. The number of anilines is 1. The van der Waals surface area contributed by atoms with E-state index in [1.54, 1.807) is 30.2 Å². The molecule has 2 aliphatic rings. The Morgan fingerprint density at radius 1 is 1.36 bits per heavy atom. The number of amidine groups is 1. The fourth-order valence-corrected chi connectivity index (χ4v) is 6.95. The molecular weight excluding hydrogens is 388 g/mol. The van der Waals surface area contributed by atoms with Crippen molar-refractivity contribution in [2.45, 2.75) is 11.3 Å². The van der Waals surface area contributed by atoms with Gasteiger partial charge in [0.2, 0.25) is 0 Å². The van der Waals surface area contributed by atoms with Gasteiger partial charge in [0, 0.05) is 11.3 Å². The van der Waals surface area contributed by atoms with Gasteiger partial charge in [-0.05, 0) is 12.1 Å². The van der Waals surface area contributed by atoms with E-state index in [1.165, 1.54) is 18.9 Å². The van der Waals surface area contributed by atoms with Crippen LogP contribution in [-0.4, -0.2) is 62.4 Å². The third-order valence-electron chi connectivity index (χ3n) is 4.05. The first-order valence-electron chi connectivity index (χ1n) is 7.44. The average Bonchev–Trinajstić information content (AvgIpc) is 3.04. The van der Waals surface area contributed by atoms with Gasteiger partial charge in [0.05, 0.1) is 37.5 Å². The third kappa shape index (κ3) is 3.58. The van der Waals surface area contributed by atoms with Crippen LogP contribution in [0.2, 0.25) is 0 Å². The Morgan fingerprint density at radius 2 is 2.12 bits per heavy atom. The summed E-state index contributed by atoms with van der Waals surface area (Å²) in [5, 5.41) is 0.241. The van der Waals surface area contributed by atoms with Gasteiger partial charge in [0.15, 0.2) is 15.0 Å². The maximum absolute atomic E-state index is 12.1. The Labute approximate surface area is 155 Å². The van der Waals surface area contributed by atoms with Gasteiger partial charge >= 0.3 is 0 Å². The zero-order valence-corrected chi connectivity index (χ0v) is 16.0. The molecule has 0 bridgehead atoms. The molecule has 0 saturated carbocycles. The number of amides is 1. The van der Waals surface area contributed by atoms with E-state index in [1.807, 2.05) is 0 Å². The van der Waals surface area contributed by atoms with E-state index < -0.39 is 15.7 Å². The van der Waals surface area contributed by atoms with Crippen LogP contribution in [0.15, 0.2) is 23.2 Å². The summed E-state index contributed by atoms with van der Waals surface area (Å²) in [7, 11) is -0.0729. The van der Waals surface area contributed by atoms with E-state index in [0.717, 1.165) is 0 Å². The molecule has 2 atom stereocenters. The molecule has 2 heterocycles. The number of rotatable bonds is 4. The SMILES string of the molecule is COc1ccc(OC)c(N2C(=NC(=O)CCl)S[C@@H]3CS(=O)(=O)C[C@@H]32)c1. The monoisotopic (exact) mass is 404 g/mol. The molecule has 2 fully saturated rings. The van der Waals surface area contributed by atoms with Gasteiger partial charge in [-0.2, -0.15) is 4.99 Å². The van der Waals surface area contributed by atoms with Crippen molar-refractivity contribution in [2.24, 2.45) is 4.99 Å². The molecular formula is C15H17ClN2O5S2. The van der Waals surface area contributed by atoms with Crippen molar-refractivity contribution in [3.63, 3.8) is 0 Å². The quantitative estimate of drug-likeness (QED) is 0.703. The van der Waals surface area contributed by atoms with Crippen molar-refractivity contribution < 1.29 is 22.7 Å². The maximum atomic E-state index is 12.1. The number of benzene rings is 1. The molecule has 2 aliphatic heterocycles. The summed E-state index contributed by atoms with van der Waals surface area (Å²) in [6.45, 7) is 0. The average molecular weight is 405 g/mol. The number of fused-ring (bicyclic) bond motifs is 1. The van der Waals surface area contributed by atoms with Gasteiger partial charge in [0.1, 0.15) is 17.4 Å². The Kier molecular flexibility index (Phi) is 5.17. The van der Waals surface area contributed by atoms with Crippen LogP contribution in [-0.2, 0) is 14.6 Å². The van der Waals surface area contributed by atoms with Crippen LogP contribution in [0.1, 0.15) is 0 Å². The fraction of sp³-hybridized carbons (Fsp3) is 0.467. The standard InChI is InChI=1S/C15H17ClN2O5S2/c1-22-9-3-4-12(23-2)10(5-9)18-11-7-25(20,21)8-13(11)24-15(18)17-14(19)6-16/h3-5,11,13H,6-8H2,1-2H3/t11-,13+/m0/s1. The molecule has 1 amide bonds. The lowest BCUT2D eigenvalue weighted by molar-refractivity contribution is -0.115. The van der Waals surface area contributed by atoms with Gasteiger partial charge in [-0.25, -0.2) is 8.42 Å². The first-order chi connectivity index (χ1) is 11.9. The lowest BCUT2D eigenvalue weighted by Gasteiger charge is -2.26. The van der Waals surface area contributed by atoms with E-state index in [-0.39, 0.29) is 28.7 Å². The van der Waals surface area contributed by atoms with Crippen molar-refractivity contribution in [2.75, 3.05) is 36.5 Å². The van der Waals surface area contributed by atoms with Crippen LogP contribution in [0.25, 0.3) is 0 Å². The first kappa shape index (κ1) is 18.3. The first-order valence-corrected chi connectivity index (χ1v) is 10.7. The Morgan fingerprint density at radius 3 is 2.76 bits per heavy atom. The fourth-order valence-electron chi connectivity index (χ4n) is 2.97. The summed E-state index contributed by atoms with van der Waals surface area (Å²) < 4.78 is 34.8. The highest BCUT2D eigenvalue weighted by Crippen LogP contribution is 2.44. The number of carbonyl (C=O) groups is 1. The Balaban J connectivity index is 2.11. The van der Waals surface area contributed by atoms with Crippen LogP contribution >= 0.6 is 23.4 Å². The minimum atomic E-state index is -3.14. The van der Waals surface area contributed by atoms with Crippen LogP contribution in [0, 0.1) is 0 Å². The highest BCUT2D eigenvalue weighted by Gasteiger charge is 2.50. The summed E-state index contributed by atoms with van der Waals surface area (Å²) in [6.07, 6.45) is 0. The summed E-state index contributed by atoms with van der Waals surface area (Å²) >= 11 is 6.86. The van der Waals surface area contributed by atoms with Crippen LogP contribution in [0.5, 0.6) is 11.5 Å². The molecule has 0 aliphatic carbocycles. The molecule has 10 heteroatoms. The number of hydrogen-bond donors (Lipinski definition) is 0. The number of ether oxygens (including phenoxy) is 2. The van der Waals surface area contributed by atoms with E-state index >= 15 is 0 Å². The molecule has 0 aromatic heterocycles. The number of carbonyl (C=O) groups excluding carboxylic acids is 1. The summed E-state index contributed by atoms with van der Waals surface area (Å²) in [5.74, 6) is 0.475. The zero-order chi connectivity index (χ0) is 18.2. The zero-order valence-electron chi connectivity index (χ0n) is 13.6. The normalized spacial score (nSPS) is 25.9. The summed E-state index contributed by atoms with van der Waals surface area (Å²) in [4.78, 5) is 17.5. The smallest absolute Gasteiger partial charge is 0.262 e. The number of thioether (sulfide) groups is 1. The Bertz CT molecular complexity index is 827. The van der Waals surface area contributed by atoms with Crippen molar-refractivity contribution in [3.8, 4) is 11.5 Å². The second kappa shape index (κ2) is 7.05. The van der Waals surface area contributed by atoms with Crippen LogP contribution in [0.3, 0.4) is 0 Å². The molecule has 3 rings (SSSR count). The number of nitrogens with zero attached hydrogens (tertiary/aromatic N) is 2. The molecule has 1 aromatic rings. The Hall–Kier alpha value is -1.45. The number of alkyl halides is 1. The van der Waals surface area contributed by atoms with E-state index in [0.29, 0.717) is 22.4 Å². The second-order valence-corrected chi connectivity index (χ2v) is 9.26. The molecule has 0 radical (unpaired) electrons. The van der Waals surface area contributed by atoms with E-state index in [9.17, 15) is 13.2 Å². The molecule has 25 heavy (non-hydrogen) atoms. The summed E-state index contributed by atoms with van der Waals surface area (Å²) in [5.41, 5.74) is 0.611. The number of methoxy groups -OCH3 is 2. The van der Waals surface area contributed by atoms with Crippen molar-refractivity contribution in [1.82, 2.24) is 0 Å². The number of halogens is 1. The summed E-state index contributed by atoms with van der Waals surface area (Å²) in [6, 6.07) is 4.90. The third-order valence-corrected chi connectivity index (χ3v) is 7.49. The largest absolute Gasteiger partial charge is 0.497 e. The topological polar surface area (TPSA) is 85.3 Å². The predicted octanol–water partition coefficient (Wildman–Crippen LogP) is 1.54. The van der Waals surface area contributed by atoms with Gasteiger partial charge in [-0.15, -0.1) is 11.6 Å². The van der Waals surface area contributed by atoms with Gasteiger partial charge in [-0.1, -0.05) is 11.8 Å². The molecule has 2 saturated heterocycles. The molecule has 1 aromatic carbocycles. The van der Waals surface area contributed by atoms with Crippen molar-refractivity contribution >= 4 is 50.0 Å². The minimum Gasteiger partial charge on any atom is -0.497 e.